The van der Waals surface area contributed by atoms with Crippen molar-refractivity contribution in [1.29, 1.82) is 0 Å². The van der Waals surface area contributed by atoms with Crippen LogP contribution >= 0.6 is 0 Å². The molecule has 0 aliphatic rings. The first-order valence-electron chi connectivity index (χ1n) is 3.94. The first-order valence-corrected chi connectivity index (χ1v) is 3.94. The van der Waals surface area contributed by atoms with Crippen LogP contribution in [0.1, 0.15) is 11.7 Å². The molecule has 0 aliphatic heterocycles. The summed E-state index contributed by atoms with van der Waals surface area (Å²) in [6, 6.07) is 9.44. The quantitative estimate of drug-likeness (QED) is 0.733. The van der Waals surface area contributed by atoms with Gasteiger partial charge in [0.1, 0.15) is 6.10 Å². The smallest absolute Gasteiger partial charge is 0.102 e. The van der Waals surface area contributed by atoms with E-state index in [4.69, 9.17) is 4.74 Å². The van der Waals surface area contributed by atoms with Crippen molar-refractivity contribution in [3.8, 4) is 0 Å². The Bertz CT molecular complexity index is 208. The third-order valence-corrected chi connectivity index (χ3v) is 1.60. The highest BCUT2D eigenvalue weighted by Gasteiger charge is 2.04. The van der Waals surface area contributed by atoms with E-state index in [0.717, 1.165) is 5.56 Å². The molecule has 1 N–H and O–H groups in total. The second-order valence-corrected chi connectivity index (χ2v) is 2.50. The zero-order chi connectivity index (χ0) is 8.81. The summed E-state index contributed by atoms with van der Waals surface area (Å²) >= 11 is 0. The highest BCUT2D eigenvalue weighted by atomic mass is 16.5. The van der Waals surface area contributed by atoms with Gasteiger partial charge in [0.25, 0.3) is 0 Å². The standard InChI is InChI=1S/C10H13O2/c1-2-12-8-10(11)9-6-4-3-5-7-9/h3-7,10-11H,1-2,8H2. The van der Waals surface area contributed by atoms with Gasteiger partial charge >= 0.3 is 0 Å². The Morgan fingerprint density at radius 1 is 1.33 bits per heavy atom. The van der Waals surface area contributed by atoms with E-state index in [-0.39, 0.29) is 0 Å². The van der Waals surface area contributed by atoms with Crippen LogP contribution in [0.5, 0.6) is 0 Å². The maximum absolute atomic E-state index is 9.50. The molecule has 1 aromatic rings. The summed E-state index contributed by atoms with van der Waals surface area (Å²) in [4.78, 5) is 0. The first-order chi connectivity index (χ1) is 5.84. The van der Waals surface area contributed by atoms with Gasteiger partial charge in [-0.3, -0.25) is 0 Å². The van der Waals surface area contributed by atoms with Crippen molar-refractivity contribution in [2.75, 3.05) is 13.2 Å². The van der Waals surface area contributed by atoms with E-state index in [1.165, 1.54) is 0 Å². The summed E-state index contributed by atoms with van der Waals surface area (Å²) in [5.74, 6) is 0. The Hall–Kier alpha value is -0.860. The molecular formula is C10H13O2. The average molecular weight is 165 g/mol. The van der Waals surface area contributed by atoms with Gasteiger partial charge in [-0.1, -0.05) is 30.3 Å². The highest BCUT2D eigenvalue weighted by molar-refractivity contribution is 5.17. The van der Waals surface area contributed by atoms with Crippen LogP contribution in [-0.4, -0.2) is 18.3 Å². The zero-order valence-electron chi connectivity index (χ0n) is 6.94. The molecule has 0 aromatic heterocycles. The van der Waals surface area contributed by atoms with Crippen LogP contribution < -0.4 is 0 Å². The van der Waals surface area contributed by atoms with Crippen molar-refractivity contribution in [2.24, 2.45) is 0 Å². The second kappa shape index (κ2) is 4.91. The lowest BCUT2D eigenvalue weighted by molar-refractivity contribution is 0.0481. The van der Waals surface area contributed by atoms with Crippen molar-refractivity contribution in [2.45, 2.75) is 6.10 Å². The molecule has 1 radical (unpaired) electrons. The molecule has 0 aliphatic carbocycles. The number of aliphatic hydroxyl groups is 1. The first kappa shape index (κ1) is 9.23. The van der Waals surface area contributed by atoms with Gasteiger partial charge in [-0.15, -0.1) is 0 Å². The minimum Gasteiger partial charge on any atom is -0.386 e. The minimum absolute atomic E-state index is 0.313. The number of benzene rings is 1. The van der Waals surface area contributed by atoms with Gasteiger partial charge in [0.05, 0.1) is 6.61 Å². The average Bonchev–Trinajstić information content (AvgIpc) is 2.15. The summed E-state index contributed by atoms with van der Waals surface area (Å²) in [5.41, 5.74) is 0.881. The summed E-state index contributed by atoms with van der Waals surface area (Å²) in [6.07, 6.45) is -0.534. The topological polar surface area (TPSA) is 29.5 Å². The van der Waals surface area contributed by atoms with E-state index in [1.807, 2.05) is 30.3 Å². The number of aliphatic hydroxyl groups excluding tert-OH is 1. The molecule has 2 nitrogen and oxygen atoms in total. The Kier molecular flexibility index (Phi) is 3.77. The Labute approximate surface area is 72.8 Å². The molecule has 1 rings (SSSR count). The zero-order valence-corrected chi connectivity index (χ0v) is 6.94. The van der Waals surface area contributed by atoms with E-state index in [9.17, 15) is 5.11 Å². The van der Waals surface area contributed by atoms with E-state index in [1.54, 1.807) is 0 Å². The fourth-order valence-corrected chi connectivity index (χ4v) is 0.966. The lowest BCUT2D eigenvalue weighted by Gasteiger charge is -2.09. The van der Waals surface area contributed by atoms with Gasteiger partial charge in [0.15, 0.2) is 0 Å². The van der Waals surface area contributed by atoms with Crippen molar-refractivity contribution in [3.05, 3.63) is 42.8 Å². The van der Waals surface area contributed by atoms with Gasteiger partial charge in [-0.25, -0.2) is 0 Å². The van der Waals surface area contributed by atoms with Gasteiger partial charge in [-0.2, -0.15) is 0 Å². The summed E-state index contributed by atoms with van der Waals surface area (Å²) < 4.78 is 4.99. The third-order valence-electron chi connectivity index (χ3n) is 1.60. The van der Waals surface area contributed by atoms with E-state index in [0.29, 0.717) is 13.2 Å². The largest absolute Gasteiger partial charge is 0.386 e. The van der Waals surface area contributed by atoms with Crippen molar-refractivity contribution < 1.29 is 9.84 Å². The van der Waals surface area contributed by atoms with Gasteiger partial charge in [0.2, 0.25) is 0 Å². The summed E-state index contributed by atoms with van der Waals surface area (Å²) in [6.45, 7) is 4.22. The van der Waals surface area contributed by atoms with Crippen LogP contribution in [0.2, 0.25) is 0 Å². The second-order valence-electron chi connectivity index (χ2n) is 2.50. The summed E-state index contributed by atoms with van der Waals surface area (Å²) in [5, 5.41) is 9.50. The number of ether oxygens (including phenoxy) is 1. The van der Waals surface area contributed by atoms with Gasteiger partial charge in [-0.05, 0) is 12.5 Å². The fourth-order valence-electron chi connectivity index (χ4n) is 0.966. The van der Waals surface area contributed by atoms with Crippen molar-refractivity contribution in [3.63, 3.8) is 0 Å². The minimum atomic E-state index is -0.534. The predicted octanol–water partition coefficient (Wildman–Crippen LogP) is 1.57. The molecule has 1 unspecified atom stereocenters. The maximum Gasteiger partial charge on any atom is 0.102 e. The monoisotopic (exact) mass is 165 g/mol. The molecule has 0 bridgehead atoms. The molecule has 0 saturated carbocycles. The number of hydrogen-bond acceptors (Lipinski definition) is 2. The molecule has 1 aromatic carbocycles. The lowest BCUT2D eigenvalue weighted by atomic mass is 10.1. The van der Waals surface area contributed by atoms with Crippen LogP contribution in [0.3, 0.4) is 0 Å². The van der Waals surface area contributed by atoms with Crippen LogP contribution in [0.15, 0.2) is 30.3 Å². The molecule has 0 spiro atoms. The van der Waals surface area contributed by atoms with Gasteiger partial charge in [0, 0.05) is 6.61 Å². The fraction of sp³-hybridized carbons (Fsp3) is 0.300. The van der Waals surface area contributed by atoms with Crippen LogP contribution in [-0.2, 0) is 4.74 Å². The lowest BCUT2D eigenvalue weighted by Crippen LogP contribution is -2.06. The molecule has 0 saturated heterocycles. The Balaban J connectivity index is 2.48. The number of rotatable bonds is 4. The van der Waals surface area contributed by atoms with Crippen molar-refractivity contribution >= 4 is 0 Å². The van der Waals surface area contributed by atoms with Crippen LogP contribution in [0.25, 0.3) is 0 Å². The molecule has 0 heterocycles. The molecule has 2 heteroatoms. The van der Waals surface area contributed by atoms with Crippen LogP contribution in [0, 0.1) is 6.92 Å². The molecule has 1 atom stereocenters. The maximum atomic E-state index is 9.50. The third kappa shape index (κ3) is 2.64. The molecule has 0 fully saturated rings. The number of hydrogen-bond donors (Lipinski definition) is 1. The molecule has 0 amide bonds. The van der Waals surface area contributed by atoms with Crippen LogP contribution in [0.4, 0.5) is 0 Å². The molecule has 65 valence electrons. The highest BCUT2D eigenvalue weighted by Crippen LogP contribution is 2.11. The van der Waals surface area contributed by atoms with Crippen molar-refractivity contribution in [1.82, 2.24) is 0 Å². The Morgan fingerprint density at radius 2 is 2.00 bits per heavy atom. The molecule has 12 heavy (non-hydrogen) atoms. The SMILES string of the molecule is [CH2]COCC(O)c1ccccc1. The predicted molar refractivity (Wildman–Crippen MR) is 47.6 cm³/mol. The normalized spacial score (nSPS) is 12.8. The summed E-state index contributed by atoms with van der Waals surface area (Å²) in [7, 11) is 0. The van der Waals surface area contributed by atoms with E-state index in [2.05, 4.69) is 6.92 Å². The van der Waals surface area contributed by atoms with E-state index < -0.39 is 6.10 Å². The van der Waals surface area contributed by atoms with Gasteiger partial charge < -0.3 is 9.84 Å². The Morgan fingerprint density at radius 3 is 2.58 bits per heavy atom. The van der Waals surface area contributed by atoms with E-state index >= 15 is 0 Å². The molecular weight excluding hydrogens is 152 g/mol.